The molecule has 5 rings (SSSR count). The minimum Gasteiger partial charge on any atom is -0.478 e. The summed E-state index contributed by atoms with van der Waals surface area (Å²) in [5, 5.41) is 16.3. The lowest BCUT2D eigenvalue weighted by atomic mass is 9.73. The summed E-state index contributed by atoms with van der Waals surface area (Å²) in [4.78, 5) is 10.9. The lowest BCUT2D eigenvalue weighted by Crippen LogP contribution is -2.15. The van der Waals surface area contributed by atoms with Crippen molar-refractivity contribution >= 4 is 45.7 Å². The fraction of sp³-hybridized carbons (Fsp3) is 0.143. The number of fused-ring (bicyclic) bond motifs is 1. The van der Waals surface area contributed by atoms with E-state index in [1.165, 1.54) is 18.1 Å². The first-order valence-corrected chi connectivity index (χ1v) is 11.5. The monoisotopic (exact) mass is 472 g/mol. The van der Waals surface area contributed by atoms with Crippen molar-refractivity contribution in [3.8, 4) is 0 Å². The summed E-state index contributed by atoms with van der Waals surface area (Å²) in [6.07, 6.45) is 5.89. The van der Waals surface area contributed by atoms with Crippen LogP contribution in [0.3, 0.4) is 0 Å². The molecule has 170 valence electrons. The molecule has 0 unspecified atom stereocenters. The van der Waals surface area contributed by atoms with E-state index in [1.807, 2.05) is 54.6 Å². The minimum absolute atomic E-state index is 0.382. The fourth-order valence-corrected chi connectivity index (χ4v) is 4.73. The van der Waals surface area contributed by atoms with Crippen LogP contribution in [0.1, 0.15) is 41.5 Å². The average molecular weight is 473 g/mol. The highest BCUT2D eigenvalue weighted by molar-refractivity contribution is 6.32. The molecule has 0 amide bonds. The Morgan fingerprint density at radius 1 is 1.03 bits per heavy atom. The van der Waals surface area contributed by atoms with Gasteiger partial charge in [-0.2, -0.15) is 9.49 Å². The molecule has 34 heavy (non-hydrogen) atoms. The lowest BCUT2D eigenvalue weighted by molar-refractivity contribution is -0.131. The van der Waals surface area contributed by atoms with Crippen LogP contribution in [0.15, 0.2) is 72.8 Å². The van der Waals surface area contributed by atoms with Crippen molar-refractivity contribution in [2.75, 3.05) is 0 Å². The van der Waals surface area contributed by atoms with Gasteiger partial charge in [-0.1, -0.05) is 66.6 Å². The molecule has 1 saturated carbocycles. The Hall–Kier alpha value is -3.70. The molecule has 1 heterocycles. The Morgan fingerprint density at radius 3 is 2.44 bits per heavy atom. The second kappa shape index (κ2) is 9.27. The van der Waals surface area contributed by atoms with Gasteiger partial charge in [-0.15, -0.1) is 0 Å². The van der Waals surface area contributed by atoms with E-state index >= 15 is 0 Å². The number of allylic oxidation sites excluding steroid dienone is 1. The number of carboxylic acid groups (broad SMARTS) is 1. The summed E-state index contributed by atoms with van der Waals surface area (Å²) in [6, 6.07) is 21.5. The maximum absolute atomic E-state index is 14.4. The highest BCUT2D eigenvalue weighted by Crippen LogP contribution is 2.45. The average Bonchev–Trinajstić information content (AvgIpc) is 3.17. The van der Waals surface area contributed by atoms with Crippen molar-refractivity contribution < 1.29 is 14.3 Å². The van der Waals surface area contributed by atoms with Crippen LogP contribution in [0.4, 0.5) is 4.39 Å². The minimum atomic E-state index is -1.03. The van der Waals surface area contributed by atoms with Crippen LogP contribution < -0.4 is 0 Å². The SMILES string of the molecule is O=C(O)/C=C/c1ccc(/C(=C(\c2ccccc2)C2CCC2)c2ccc3n[nH]c(F)c3c2)cc1Cl. The van der Waals surface area contributed by atoms with E-state index in [9.17, 15) is 9.18 Å². The van der Waals surface area contributed by atoms with Crippen molar-refractivity contribution in [1.82, 2.24) is 10.2 Å². The zero-order chi connectivity index (χ0) is 23.7. The Kier molecular flexibility index (Phi) is 6.03. The molecule has 6 heteroatoms. The molecule has 1 fully saturated rings. The molecule has 4 nitrogen and oxygen atoms in total. The van der Waals surface area contributed by atoms with Gasteiger partial charge in [0.05, 0.1) is 10.9 Å². The second-order valence-corrected chi connectivity index (χ2v) is 8.87. The molecule has 0 spiro atoms. The number of hydrogen-bond donors (Lipinski definition) is 2. The molecule has 2 N–H and O–H groups in total. The van der Waals surface area contributed by atoms with Gasteiger partial charge in [0.2, 0.25) is 5.95 Å². The van der Waals surface area contributed by atoms with Gasteiger partial charge in [-0.05, 0) is 76.4 Å². The van der Waals surface area contributed by atoms with E-state index in [0.29, 0.717) is 27.4 Å². The summed E-state index contributed by atoms with van der Waals surface area (Å²) < 4.78 is 14.4. The summed E-state index contributed by atoms with van der Waals surface area (Å²) in [6.45, 7) is 0. The largest absolute Gasteiger partial charge is 0.478 e. The number of halogens is 2. The maximum atomic E-state index is 14.4. The first-order chi connectivity index (χ1) is 16.5. The van der Waals surface area contributed by atoms with Crippen LogP contribution in [-0.4, -0.2) is 21.3 Å². The van der Waals surface area contributed by atoms with Crippen LogP contribution >= 0.6 is 11.6 Å². The van der Waals surface area contributed by atoms with Gasteiger partial charge in [0.1, 0.15) is 0 Å². The molecular formula is C28H22ClFN2O2. The van der Waals surface area contributed by atoms with E-state index < -0.39 is 11.9 Å². The van der Waals surface area contributed by atoms with Crippen molar-refractivity contribution in [3.05, 3.63) is 106 Å². The molecule has 3 aromatic carbocycles. The number of rotatable bonds is 6. The predicted octanol–water partition coefficient (Wildman–Crippen LogP) is 7.21. The summed E-state index contributed by atoms with van der Waals surface area (Å²) in [5.74, 6) is -1.12. The Morgan fingerprint density at radius 2 is 1.76 bits per heavy atom. The number of aliphatic carboxylic acids is 1. The number of nitrogens with zero attached hydrogens (tertiary/aromatic N) is 1. The van der Waals surface area contributed by atoms with Crippen LogP contribution in [0, 0.1) is 11.9 Å². The quantitative estimate of drug-likeness (QED) is 0.230. The third-order valence-corrected chi connectivity index (χ3v) is 6.69. The van der Waals surface area contributed by atoms with Crippen molar-refractivity contribution in [2.45, 2.75) is 19.3 Å². The molecule has 0 atom stereocenters. The van der Waals surface area contributed by atoms with E-state index in [-0.39, 0.29) is 0 Å². The smallest absolute Gasteiger partial charge is 0.328 e. The molecule has 1 aliphatic rings. The topological polar surface area (TPSA) is 66.0 Å². The van der Waals surface area contributed by atoms with Gasteiger partial charge < -0.3 is 5.11 Å². The van der Waals surface area contributed by atoms with Gasteiger partial charge in [-0.3, -0.25) is 5.10 Å². The van der Waals surface area contributed by atoms with Gasteiger partial charge in [0.15, 0.2) is 0 Å². The standard InChI is InChI=1S/C28H22ClFN2O2/c29-23-16-21(10-9-17(23)12-14-25(33)34)27(20-11-13-24-22(15-20)28(30)32-31-24)26(19-7-4-8-19)18-5-2-1-3-6-18/h1-3,5-6,9-16,19H,4,7-8H2,(H,31,32)(H,33,34)/b14-12+,27-26+. The van der Waals surface area contributed by atoms with Crippen LogP contribution in [0.5, 0.6) is 0 Å². The number of aromatic amines is 1. The van der Waals surface area contributed by atoms with Crippen LogP contribution in [0.2, 0.25) is 5.02 Å². The van der Waals surface area contributed by atoms with E-state index in [0.717, 1.165) is 41.2 Å². The molecule has 1 aliphatic carbocycles. The van der Waals surface area contributed by atoms with Gasteiger partial charge in [0, 0.05) is 11.1 Å². The van der Waals surface area contributed by atoms with Gasteiger partial charge in [-0.25, -0.2) is 4.79 Å². The molecular weight excluding hydrogens is 451 g/mol. The molecule has 0 bridgehead atoms. The molecule has 4 aromatic rings. The second-order valence-electron chi connectivity index (χ2n) is 8.46. The predicted molar refractivity (Wildman–Crippen MR) is 134 cm³/mol. The lowest BCUT2D eigenvalue weighted by Gasteiger charge is -2.31. The fourth-order valence-electron chi connectivity index (χ4n) is 4.49. The Balaban J connectivity index is 1.76. The van der Waals surface area contributed by atoms with Gasteiger partial charge >= 0.3 is 5.97 Å². The first kappa shape index (κ1) is 22.1. The zero-order valence-corrected chi connectivity index (χ0v) is 19.0. The zero-order valence-electron chi connectivity index (χ0n) is 18.3. The highest BCUT2D eigenvalue weighted by atomic mass is 35.5. The van der Waals surface area contributed by atoms with Gasteiger partial charge in [0.25, 0.3) is 0 Å². The Bertz CT molecular complexity index is 1440. The third kappa shape index (κ3) is 4.27. The molecule has 0 aliphatic heterocycles. The number of benzene rings is 3. The normalized spacial score (nSPS) is 14.9. The van der Waals surface area contributed by atoms with E-state index in [4.69, 9.17) is 16.7 Å². The first-order valence-electron chi connectivity index (χ1n) is 11.2. The molecule has 0 radical (unpaired) electrons. The van der Waals surface area contributed by atoms with E-state index in [2.05, 4.69) is 22.3 Å². The highest BCUT2D eigenvalue weighted by Gasteiger charge is 2.27. The van der Waals surface area contributed by atoms with E-state index in [1.54, 1.807) is 0 Å². The van der Waals surface area contributed by atoms with Crippen LogP contribution in [-0.2, 0) is 4.79 Å². The van der Waals surface area contributed by atoms with Crippen LogP contribution in [0.25, 0.3) is 28.1 Å². The number of aromatic nitrogens is 2. The molecule has 1 aromatic heterocycles. The third-order valence-electron chi connectivity index (χ3n) is 6.36. The number of hydrogen-bond acceptors (Lipinski definition) is 2. The summed E-state index contributed by atoms with van der Waals surface area (Å²) in [5.41, 5.74) is 6.29. The number of carbonyl (C=O) groups is 1. The van der Waals surface area contributed by atoms with Crippen molar-refractivity contribution in [1.29, 1.82) is 0 Å². The van der Waals surface area contributed by atoms with Crippen molar-refractivity contribution in [3.63, 3.8) is 0 Å². The number of carboxylic acids is 1. The van der Waals surface area contributed by atoms with Crippen molar-refractivity contribution in [2.24, 2.45) is 5.92 Å². The Labute approximate surface area is 201 Å². The number of H-pyrrole nitrogens is 1. The molecule has 0 saturated heterocycles. The maximum Gasteiger partial charge on any atom is 0.328 e. The number of nitrogens with one attached hydrogen (secondary N) is 1. The summed E-state index contributed by atoms with van der Waals surface area (Å²) >= 11 is 6.58. The summed E-state index contributed by atoms with van der Waals surface area (Å²) in [7, 11) is 0.